The fourth-order valence-corrected chi connectivity index (χ4v) is 4.36. The van der Waals surface area contributed by atoms with Gasteiger partial charge in [0.2, 0.25) is 0 Å². The number of amides is 1. The van der Waals surface area contributed by atoms with Crippen LogP contribution in [0.2, 0.25) is 0 Å². The summed E-state index contributed by atoms with van der Waals surface area (Å²) in [6.07, 6.45) is 3.44. The molecular weight excluding hydrogens is 380 g/mol. The van der Waals surface area contributed by atoms with E-state index in [1.54, 1.807) is 24.3 Å². The minimum Gasteiger partial charge on any atom is -0.348 e. The molecule has 152 valence electrons. The first-order chi connectivity index (χ1) is 13.4. The molecule has 8 nitrogen and oxygen atoms in total. The summed E-state index contributed by atoms with van der Waals surface area (Å²) < 4.78 is 29.7. The number of hydrogen-bond donors (Lipinski definition) is 1. The lowest BCUT2D eigenvalue weighted by Crippen LogP contribution is -2.28. The fraction of sp³-hybridized carbons (Fsp3) is 0.526. The Balaban J connectivity index is 1.45. The normalized spacial score (nSPS) is 15.0. The lowest BCUT2D eigenvalue weighted by Gasteiger charge is -2.13. The second-order valence-electron chi connectivity index (χ2n) is 7.06. The van der Waals surface area contributed by atoms with E-state index in [0.717, 1.165) is 31.6 Å². The molecule has 1 aromatic carbocycles. The highest BCUT2D eigenvalue weighted by molar-refractivity contribution is 7.91. The number of benzene rings is 1. The van der Waals surface area contributed by atoms with E-state index in [4.69, 9.17) is 4.52 Å². The van der Waals surface area contributed by atoms with Gasteiger partial charge in [-0.25, -0.2) is 8.42 Å². The van der Waals surface area contributed by atoms with Gasteiger partial charge in [-0.2, -0.15) is 4.98 Å². The number of carbonyl (C=O) groups is 1. The van der Waals surface area contributed by atoms with E-state index in [-0.39, 0.29) is 28.8 Å². The van der Waals surface area contributed by atoms with Crippen molar-refractivity contribution in [3.63, 3.8) is 0 Å². The Bertz CT molecular complexity index is 887. The Labute approximate surface area is 165 Å². The van der Waals surface area contributed by atoms with Crippen molar-refractivity contribution in [1.29, 1.82) is 0 Å². The summed E-state index contributed by atoms with van der Waals surface area (Å²) >= 11 is 0. The number of rotatable bonds is 9. The largest absolute Gasteiger partial charge is 0.348 e. The van der Waals surface area contributed by atoms with Gasteiger partial charge in [-0.3, -0.25) is 4.79 Å². The van der Waals surface area contributed by atoms with Crippen molar-refractivity contribution < 1.29 is 17.7 Å². The van der Waals surface area contributed by atoms with Crippen LogP contribution in [0.5, 0.6) is 0 Å². The first-order valence-corrected chi connectivity index (χ1v) is 11.2. The van der Waals surface area contributed by atoms with Gasteiger partial charge in [0.25, 0.3) is 0 Å². The number of sulfone groups is 1. The lowest BCUT2D eigenvalue weighted by atomic mass is 10.2. The summed E-state index contributed by atoms with van der Waals surface area (Å²) in [4.78, 5) is 18.7. The van der Waals surface area contributed by atoms with E-state index in [1.807, 2.05) is 6.92 Å². The van der Waals surface area contributed by atoms with E-state index in [2.05, 4.69) is 20.4 Å². The van der Waals surface area contributed by atoms with Crippen molar-refractivity contribution in [3.8, 4) is 0 Å². The molecular formula is C19H26N4O4S. The van der Waals surface area contributed by atoms with Crippen molar-refractivity contribution in [1.82, 2.24) is 20.4 Å². The molecule has 1 aliphatic rings. The van der Waals surface area contributed by atoms with Crippen LogP contribution in [-0.2, 0) is 16.3 Å². The minimum absolute atomic E-state index is 0.0853. The molecule has 28 heavy (non-hydrogen) atoms. The number of hydrogen-bond acceptors (Lipinski definition) is 7. The monoisotopic (exact) mass is 406 g/mol. The predicted octanol–water partition coefficient (Wildman–Crippen LogP) is 1.61. The lowest BCUT2D eigenvalue weighted by molar-refractivity contribution is 0.0908. The molecule has 0 saturated carbocycles. The number of nitrogens with one attached hydrogen (secondary N) is 1. The van der Waals surface area contributed by atoms with Gasteiger partial charge in [0, 0.05) is 13.0 Å². The number of nitrogens with zero attached hydrogens (tertiary/aromatic N) is 3. The maximum atomic E-state index is 12.4. The topological polar surface area (TPSA) is 105 Å². The fourth-order valence-electron chi connectivity index (χ4n) is 3.12. The summed E-state index contributed by atoms with van der Waals surface area (Å²) in [5.41, 5.74) is 0.994. The Morgan fingerprint density at radius 3 is 2.64 bits per heavy atom. The molecule has 2 heterocycles. The molecule has 1 saturated heterocycles. The molecule has 1 fully saturated rings. The molecule has 0 unspecified atom stereocenters. The van der Waals surface area contributed by atoms with Crippen molar-refractivity contribution in [3.05, 3.63) is 41.5 Å². The van der Waals surface area contributed by atoms with Gasteiger partial charge in [-0.15, -0.1) is 0 Å². The summed E-state index contributed by atoms with van der Waals surface area (Å²) in [7, 11) is -3.44. The highest BCUT2D eigenvalue weighted by atomic mass is 32.2. The van der Waals surface area contributed by atoms with Crippen LogP contribution in [0.25, 0.3) is 0 Å². The van der Waals surface area contributed by atoms with Crippen LogP contribution in [0.4, 0.5) is 0 Å². The van der Waals surface area contributed by atoms with Crippen molar-refractivity contribution >= 4 is 15.7 Å². The zero-order valence-electron chi connectivity index (χ0n) is 16.1. The number of likely N-dealkylation sites (tertiary alicyclic amines) is 1. The summed E-state index contributed by atoms with van der Waals surface area (Å²) in [5, 5.41) is 6.48. The first kappa shape index (κ1) is 20.5. The molecule has 3 rings (SSSR count). The van der Waals surface area contributed by atoms with Crippen LogP contribution >= 0.6 is 0 Å². The minimum atomic E-state index is -3.44. The van der Waals surface area contributed by atoms with Gasteiger partial charge in [-0.1, -0.05) is 22.9 Å². The number of aryl methyl sites for hydroxylation is 2. The molecule has 1 N–H and O–H groups in total. The summed E-state index contributed by atoms with van der Waals surface area (Å²) in [6, 6.07) is 6.69. The molecule has 0 radical (unpaired) electrons. The molecule has 1 amide bonds. The maximum Gasteiger partial charge on any atom is 0.315 e. The molecule has 0 aliphatic carbocycles. The Hall–Kier alpha value is -2.26. The average molecular weight is 407 g/mol. The molecule has 2 aromatic rings. The molecule has 1 aliphatic heterocycles. The van der Waals surface area contributed by atoms with Gasteiger partial charge >= 0.3 is 11.8 Å². The third-order valence-corrected chi connectivity index (χ3v) is 6.50. The van der Waals surface area contributed by atoms with E-state index >= 15 is 0 Å². The smallest absolute Gasteiger partial charge is 0.315 e. The van der Waals surface area contributed by atoms with Gasteiger partial charge in [0.15, 0.2) is 15.7 Å². The van der Waals surface area contributed by atoms with Gasteiger partial charge in [-0.05, 0) is 58.0 Å². The van der Waals surface area contributed by atoms with E-state index in [9.17, 15) is 13.2 Å². The predicted molar refractivity (Wildman–Crippen MR) is 104 cm³/mol. The Kier molecular flexibility index (Phi) is 6.79. The summed E-state index contributed by atoms with van der Waals surface area (Å²) in [5.74, 6) is -0.504. The van der Waals surface area contributed by atoms with Crippen LogP contribution in [0.15, 0.2) is 33.7 Å². The van der Waals surface area contributed by atoms with Crippen molar-refractivity contribution in [2.45, 2.75) is 37.5 Å². The standard InChI is InChI=1S/C19H26N4O4S/c1-15-5-7-16(8-6-15)28(25,26)14-9-17-21-19(27-22-17)18(24)20-10-4-13-23-11-2-3-12-23/h5-8H,2-4,9-14H2,1H3,(H,20,24). The van der Waals surface area contributed by atoms with Crippen LogP contribution < -0.4 is 5.32 Å². The molecule has 0 spiro atoms. The maximum absolute atomic E-state index is 12.4. The van der Waals surface area contributed by atoms with Crippen molar-refractivity contribution in [2.24, 2.45) is 0 Å². The SMILES string of the molecule is Cc1ccc(S(=O)(=O)CCc2noc(C(=O)NCCCN3CCCC3)n2)cc1. The third kappa shape index (κ3) is 5.62. The third-order valence-electron chi connectivity index (χ3n) is 4.77. The van der Waals surface area contributed by atoms with E-state index in [0.29, 0.717) is 6.54 Å². The van der Waals surface area contributed by atoms with Gasteiger partial charge < -0.3 is 14.7 Å². The Morgan fingerprint density at radius 2 is 1.93 bits per heavy atom. The van der Waals surface area contributed by atoms with Crippen LogP contribution in [0, 0.1) is 6.92 Å². The van der Waals surface area contributed by atoms with E-state index < -0.39 is 15.7 Å². The quantitative estimate of drug-likeness (QED) is 0.631. The zero-order chi connectivity index (χ0) is 20.0. The van der Waals surface area contributed by atoms with Crippen LogP contribution in [0.3, 0.4) is 0 Å². The van der Waals surface area contributed by atoms with Crippen LogP contribution in [-0.4, -0.2) is 61.3 Å². The van der Waals surface area contributed by atoms with E-state index in [1.165, 1.54) is 12.8 Å². The summed E-state index contributed by atoms with van der Waals surface area (Å²) in [6.45, 7) is 5.66. The van der Waals surface area contributed by atoms with Crippen LogP contribution in [0.1, 0.15) is 41.3 Å². The Morgan fingerprint density at radius 1 is 1.21 bits per heavy atom. The number of aromatic nitrogens is 2. The highest BCUT2D eigenvalue weighted by Crippen LogP contribution is 2.13. The second-order valence-corrected chi connectivity index (χ2v) is 9.17. The van der Waals surface area contributed by atoms with Gasteiger partial charge in [0.05, 0.1) is 10.6 Å². The highest BCUT2D eigenvalue weighted by Gasteiger charge is 2.19. The molecule has 0 bridgehead atoms. The number of carbonyl (C=O) groups excluding carboxylic acids is 1. The average Bonchev–Trinajstić information content (AvgIpc) is 3.36. The zero-order valence-corrected chi connectivity index (χ0v) is 16.9. The van der Waals surface area contributed by atoms with Gasteiger partial charge in [0.1, 0.15) is 0 Å². The van der Waals surface area contributed by atoms with Crippen molar-refractivity contribution in [2.75, 3.05) is 31.9 Å². The first-order valence-electron chi connectivity index (χ1n) is 9.56. The molecule has 9 heteroatoms. The molecule has 1 aromatic heterocycles. The second kappa shape index (κ2) is 9.29. The molecule has 0 atom stereocenters.